The molecule has 2 amide bonds. The van der Waals surface area contributed by atoms with E-state index in [2.05, 4.69) is 10.6 Å². The third kappa shape index (κ3) is 4.63. The maximum atomic E-state index is 13.4. The predicted molar refractivity (Wildman–Crippen MR) is 120 cm³/mol. The van der Waals surface area contributed by atoms with Gasteiger partial charge in [-0.25, -0.2) is 8.42 Å². The first-order valence-electron chi connectivity index (χ1n) is 10.6. The number of amides is 2. The Morgan fingerprint density at radius 3 is 2.72 bits per heavy atom. The van der Waals surface area contributed by atoms with Gasteiger partial charge in [-0.15, -0.1) is 0 Å². The van der Waals surface area contributed by atoms with Crippen molar-refractivity contribution >= 4 is 27.5 Å². The molecule has 32 heavy (non-hydrogen) atoms. The summed E-state index contributed by atoms with van der Waals surface area (Å²) in [6, 6.07) is 11.0. The van der Waals surface area contributed by atoms with E-state index in [1.54, 1.807) is 13.0 Å². The standard InChI is InChI=1S/C23H27N3O5S/c1-15-5-7-17(8-6-15)12-24-23(28)18-4-3-9-26(13-18)32(29,30)21-11-20-19(10-16(21)2)25-22(27)14-31-20/h5-8,10-11,18H,3-4,9,12-14H2,1-2H3,(H,24,28)(H,25,27)/t18-/m1/s1. The first kappa shape index (κ1) is 22.3. The van der Waals surface area contributed by atoms with Gasteiger partial charge in [-0.2, -0.15) is 4.31 Å². The molecule has 0 spiro atoms. The van der Waals surface area contributed by atoms with Gasteiger partial charge in [0.25, 0.3) is 5.91 Å². The third-order valence-electron chi connectivity index (χ3n) is 5.87. The molecule has 2 aromatic rings. The van der Waals surface area contributed by atoms with Crippen molar-refractivity contribution in [1.82, 2.24) is 9.62 Å². The summed E-state index contributed by atoms with van der Waals surface area (Å²) in [4.78, 5) is 24.4. The van der Waals surface area contributed by atoms with Crippen LogP contribution in [0.4, 0.5) is 5.69 Å². The van der Waals surface area contributed by atoms with Crippen LogP contribution in [0.5, 0.6) is 5.75 Å². The molecule has 2 aromatic carbocycles. The average Bonchev–Trinajstić information content (AvgIpc) is 2.78. The number of fused-ring (bicyclic) bond motifs is 1. The van der Waals surface area contributed by atoms with Gasteiger partial charge < -0.3 is 15.4 Å². The number of carbonyl (C=O) groups excluding carboxylic acids is 2. The van der Waals surface area contributed by atoms with Gasteiger partial charge in [-0.1, -0.05) is 29.8 Å². The quantitative estimate of drug-likeness (QED) is 0.717. The highest BCUT2D eigenvalue weighted by Crippen LogP contribution is 2.35. The van der Waals surface area contributed by atoms with Gasteiger partial charge in [-0.3, -0.25) is 9.59 Å². The molecule has 1 fully saturated rings. The van der Waals surface area contributed by atoms with Crippen LogP contribution in [0.15, 0.2) is 41.3 Å². The highest BCUT2D eigenvalue weighted by molar-refractivity contribution is 7.89. The number of benzene rings is 2. The van der Waals surface area contributed by atoms with Crippen molar-refractivity contribution in [3.05, 3.63) is 53.1 Å². The number of hydrogen-bond donors (Lipinski definition) is 2. The number of hydrogen-bond acceptors (Lipinski definition) is 5. The van der Waals surface area contributed by atoms with E-state index in [0.29, 0.717) is 42.9 Å². The summed E-state index contributed by atoms with van der Waals surface area (Å²) in [5.41, 5.74) is 3.13. The van der Waals surface area contributed by atoms with E-state index >= 15 is 0 Å². The molecule has 8 nitrogen and oxygen atoms in total. The maximum absolute atomic E-state index is 13.4. The highest BCUT2D eigenvalue weighted by atomic mass is 32.2. The van der Waals surface area contributed by atoms with Crippen LogP contribution >= 0.6 is 0 Å². The van der Waals surface area contributed by atoms with E-state index in [0.717, 1.165) is 11.1 Å². The van der Waals surface area contributed by atoms with Crippen LogP contribution in [0.2, 0.25) is 0 Å². The van der Waals surface area contributed by atoms with Gasteiger partial charge in [0.05, 0.1) is 16.5 Å². The minimum Gasteiger partial charge on any atom is -0.482 e. The number of nitrogens with zero attached hydrogens (tertiary/aromatic N) is 1. The van der Waals surface area contributed by atoms with Crippen LogP contribution in [-0.4, -0.2) is 44.2 Å². The summed E-state index contributed by atoms with van der Waals surface area (Å²) in [6.45, 7) is 4.45. The van der Waals surface area contributed by atoms with Crippen molar-refractivity contribution < 1.29 is 22.7 Å². The topological polar surface area (TPSA) is 105 Å². The van der Waals surface area contributed by atoms with Crippen molar-refractivity contribution in [1.29, 1.82) is 0 Å². The Bertz CT molecular complexity index is 1140. The molecule has 4 rings (SSSR count). The fraction of sp³-hybridized carbons (Fsp3) is 0.391. The lowest BCUT2D eigenvalue weighted by atomic mass is 9.98. The zero-order valence-electron chi connectivity index (χ0n) is 18.2. The Kier molecular flexibility index (Phi) is 6.21. The van der Waals surface area contributed by atoms with Crippen LogP contribution in [0.3, 0.4) is 0 Å². The molecule has 0 unspecified atom stereocenters. The SMILES string of the molecule is Cc1ccc(CNC(=O)[C@@H]2CCCN(S(=O)(=O)c3cc4c(cc3C)NC(=O)CO4)C2)cc1. The summed E-state index contributed by atoms with van der Waals surface area (Å²) in [5.74, 6) is -0.489. The Hall–Kier alpha value is -2.91. The van der Waals surface area contributed by atoms with Gasteiger partial charge in [0.15, 0.2) is 6.61 Å². The Labute approximate surface area is 188 Å². The summed E-state index contributed by atoms with van der Waals surface area (Å²) >= 11 is 0. The van der Waals surface area contributed by atoms with E-state index < -0.39 is 15.9 Å². The number of piperidine rings is 1. The largest absolute Gasteiger partial charge is 0.482 e. The van der Waals surface area contributed by atoms with Crippen LogP contribution in [0, 0.1) is 19.8 Å². The second kappa shape index (κ2) is 8.91. The fourth-order valence-corrected chi connectivity index (χ4v) is 5.79. The molecule has 2 heterocycles. The summed E-state index contributed by atoms with van der Waals surface area (Å²) in [7, 11) is -3.82. The van der Waals surface area contributed by atoms with E-state index in [1.165, 1.54) is 10.4 Å². The second-order valence-corrected chi connectivity index (χ2v) is 10.3. The van der Waals surface area contributed by atoms with Gasteiger partial charge >= 0.3 is 0 Å². The lowest BCUT2D eigenvalue weighted by molar-refractivity contribution is -0.126. The molecule has 0 aromatic heterocycles. The van der Waals surface area contributed by atoms with E-state index in [1.807, 2.05) is 31.2 Å². The van der Waals surface area contributed by atoms with Gasteiger partial charge in [-0.05, 0) is 43.9 Å². The molecule has 9 heteroatoms. The van der Waals surface area contributed by atoms with Gasteiger partial charge in [0.1, 0.15) is 5.75 Å². The summed E-state index contributed by atoms with van der Waals surface area (Å²) in [5, 5.41) is 5.62. The van der Waals surface area contributed by atoms with E-state index in [4.69, 9.17) is 4.74 Å². The minimum atomic E-state index is -3.82. The zero-order chi connectivity index (χ0) is 22.9. The highest BCUT2D eigenvalue weighted by Gasteiger charge is 2.35. The Balaban J connectivity index is 1.47. The lowest BCUT2D eigenvalue weighted by Gasteiger charge is -2.32. The first-order valence-corrected chi connectivity index (χ1v) is 12.1. The van der Waals surface area contributed by atoms with Crippen molar-refractivity contribution in [3.63, 3.8) is 0 Å². The average molecular weight is 458 g/mol. The van der Waals surface area contributed by atoms with Crippen molar-refractivity contribution in [2.75, 3.05) is 25.0 Å². The Morgan fingerprint density at radius 2 is 1.97 bits per heavy atom. The van der Waals surface area contributed by atoms with Crippen molar-refractivity contribution in [3.8, 4) is 5.75 Å². The third-order valence-corrected chi connectivity index (χ3v) is 7.88. The summed E-state index contributed by atoms with van der Waals surface area (Å²) in [6.07, 6.45) is 1.25. The lowest BCUT2D eigenvalue weighted by Crippen LogP contribution is -2.45. The molecule has 1 atom stereocenters. The number of carbonyl (C=O) groups is 2. The van der Waals surface area contributed by atoms with E-state index in [-0.39, 0.29) is 29.9 Å². The molecule has 2 N–H and O–H groups in total. The molecular weight excluding hydrogens is 430 g/mol. The minimum absolute atomic E-state index is 0.133. The molecular formula is C23H27N3O5S. The monoisotopic (exact) mass is 457 g/mol. The molecule has 2 aliphatic rings. The zero-order valence-corrected chi connectivity index (χ0v) is 19.0. The molecule has 2 aliphatic heterocycles. The van der Waals surface area contributed by atoms with Crippen LogP contribution in [-0.2, 0) is 26.2 Å². The van der Waals surface area contributed by atoms with Gasteiger partial charge in [0, 0.05) is 25.7 Å². The van der Waals surface area contributed by atoms with Crippen LogP contribution in [0.1, 0.15) is 29.5 Å². The van der Waals surface area contributed by atoms with Crippen LogP contribution in [0.25, 0.3) is 0 Å². The number of anilines is 1. The number of rotatable bonds is 5. The van der Waals surface area contributed by atoms with Crippen molar-refractivity contribution in [2.24, 2.45) is 5.92 Å². The second-order valence-electron chi connectivity index (χ2n) is 8.36. The molecule has 0 saturated carbocycles. The van der Waals surface area contributed by atoms with Gasteiger partial charge in [0.2, 0.25) is 15.9 Å². The van der Waals surface area contributed by atoms with E-state index in [9.17, 15) is 18.0 Å². The van der Waals surface area contributed by atoms with Crippen molar-refractivity contribution in [2.45, 2.75) is 38.1 Å². The molecule has 0 aliphatic carbocycles. The smallest absolute Gasteiger partial charge is 0.262 e. The summed E-state index contributed by atoms with van der Waals surface area (Å²) < 4.78 is 33.6. The number of sulfonamides is 1. The maximum Gasteiger partial charge on any atom is 0.262 e. The number of ether oxygens (including phenoxy) is 1. The normalized spacial score (nSPS) is 18.9. The molecule has 1 saturated heterocycles. The Morgan fingerprint density at radius 1 is 1.22 bits per heavy atom. The molecule has 0 bridgehead atoms. The molecule has 0 radical (unpaired) electrons. The fourth-order valence-electron chi connectivity index (χ4n) is 4.05. The number of aryl methyl sites for hydroxylation is 2. The predicted octanol–water partition coefficient (Wildman–Crippen LogP) is 2.35. The number of nitrogens with one attached hydrogen (secondary N) is 2. The molecule has 170 valence electrons. The van der Waals surface area contributed by atoms with Crippen LogP contribution < -0.4 is 15.4 Å². The first-order chi connectivity index (χ1) is 15.2.